The number of carbonyl (C=O) groups excluding carboxylic acids is 1. The molecule has 4 nitrogen and oxygen atoms in total. The lowest BCUT2D eigenvalue weighted by atomic mass is 10.1. The zero-order valence-electron chi connectivity index (χ0n) is 17.4. The van der Waals surface area contributed by atoms with E-state index in [2.05, 4.69) is 67.5 Å². The standard InChI is InChI=1S/C27H18Br2N2O2/c28-23-6-3-7-24(15-23)31-27(32)22(16-30)12-18-9-11-26(25(29)14-18)33-17-19-8-10-20-4-1-2-5-21(20)13-19/h1-15H,17H2,(H,31,32)/b22-12-. The highest BCUT2D eigenvalue weighted by molar-refractivity contribution is 9.10. The Bertz CT molecular complexity index is 1410. The van der Waals surface area contributed by atoms with Gasteiger partial charge < -0.3 is 10.1 Å². The molecule has 0 aliphatic carbocycles. The van der Waals surface area contributed by atoms with E-state index in [1.165, 1.54) is 10.8 Å². The number of halogens is 2. The molecule has 0 radical (unpaired) electrons. The van der Waals surface area contributed by atoms with Gasteiger partial charge in [-0.05, 0) is 80.3 Å². The topological polar surface area (TPSA) is 62.1 Å². The van der Waals surface area contributed by atoms with Crippen molar-refractivity contribution in [2.24, 2.45) is 0 Å². The Hall–Kier alpha value is -3.40. The maximum atomic E-state index is 12.5. The molecule has 33 heavy (non-hydrogen) atoms. The fraction of sp³-hybridized carbons (Fsp3) is 0.0370. The molecule has 0 fully saturated rings. The summed E-state index contributed by atoms with van der Waals surface area (Å²) in [5, 5.41) is 14.6. The van der Waals surface area contributed by atoms with Crippen LogP contribution in [0, 0.1) is 11.3 Å². The van der Waals surface area contributed by atoms with Gasteiger partial charge in [0.15, 0.2) is 0 Å². The third-order valence-electron chi connectivity index (χ3n) is 4.92. The lowest BCUT2D eigenvalue weighted by Crippen LogP contribution is -2.13. The normalized spacial score (nSPS) is 11.1. The second-order valence-electron chi connectivity index (χ2n) is 7.29. The smallest absolute Gasteiger partial charge is 0.266 e. The highest BCUT2D eigenvalue weighted by Gasteiger charge is 2.11. The number of hydrogen-bond acceptors (Lipinski definition) is 3. The fourth-order valence-electron chi connectivity index (χ4n) is 3.29. The maximum Gasteiger partial charge on any atom is 0.266 e. The number of carbonyl (C=O) groups is 1. The monoisotopic (exact) mass is 560 g/mol. The summed E-state index contributed by atoms with van der Waals surface area (Å²) >= 11 is 6.89. The van der Waals surface area contributed by atoms with Gasteiger partial charge in [0, 0.05) is 10.2 Å². The van der Waals surface area contributed by atoms with Gasteiger partial charge >= 0.3 is 0 Å². The van der Waals surface area contributed by atoms with Crippen molar-refractivity contribution < 1.29 is 9.53 Å². The first-order valence-electron chi connectivity index (χ1n) is 10.1. The number of ether oxygens (including phenoxy) is 1. The average Bonchev–Trinajstić information content (AvgIpc) is 2.81. The third kappa shape index (κ3) is 5.89. The molecule has 4 rings (SSSR count). The number of anilines is 1. The Morgan fingerprint density at radius 1 is 0.939 bits per heavy atom. The summed E-state index contributed by atoms with van der Waals surface area (Å²) in [5.41, 5.74) is 2.39. The van der Waals surface area contributed by atoms with Crippen LogP contribution in [0.3, 0.4) is 0 Å². The molecule has 4 aromatic rings. The molecule has 0 aliphatic heterocycles. The van der Waals surface area contributed by atoms with Gasteiger partial charge in [-0.1, -0.05) is 64.5 Å². The minimum atomic E-state index is -0.469. The van der Waals surface area contributed by atoms with Crippen LogP contribution in [0.4, 0.5) is 5.69 Å². The van der Waals surface area contributed by atoms with E-state index in [0.29, 0.717) is 23.6 Å². The van der Waals surface area contributed by atoms with Crippen LogP contribution in [0.2, 0.25) is 0 Å². The summed E-state index contributed by atoms with van der Waals surface area (Å²) in [6.07, 6.45) is 1.55. The van der Waals surface area contributed by atoms with Crippen LogP contribution >= 0.6 is 31.9 Å². The summed E-state index contributed by atoms with van der Waals surface area (Å²) in [7, 11) is 0. The van der Waals surface area contributed by atoms with Crippen LogP contribution in [-0.2, 0) is 11.4 Å². The summed E-state index contributed by atoms with van der Waals surface area (Å²) in [5.74, 6) is 0.209. The van der Waals surface area contributed by atoms with E-state index < -0.39 is 5.91 Å². The molecule has 162 valence electrons. The number of rotatable bonds is 6. The van der Waals surface area contributed by atoms with Crippen LogP contribution in [0.25, 0.3) is 16.8 Å². The lowest BCUT2D eigenvalue weighted by Gasteiger charge is -2.10. The second-order valence-corrected chi connectivity index (χ2v) is 9.06. The molecule has 1 amide bonds. The highest BCUT2D eigenvalue weighted by Crippen LogP contribution is 2.28. The van der Waals surface area contributed by atoms with E-state index in [4.69, 9.17) is 4.74 Å². The quantitative estimate of drug-likeness (QED) is 0.196. The zero-order valence-corrected chi connectivity index (χ0v) is 20.6. The predicted molar refractivity (Wildman–Crippen MR) is 139 cm³/mol. The molecular formula is C27H18Br2N2O2. The molecule has 4 aromatic carbocycles. The summed E-state index contributed by atoms with van der Waals surface area (Å²) in [6, 6.07) is 29.1. The van der Waals surface area contributed by atoms with Gasteiger partial charge in [0.05, 0.1) is 4.47 Å². The van der Waals surface area contributed by atoms with E-state index in [-0.39, 0.29) is 5.57 Å². The minimum absolute atomic E-state index is 0.00621. The average molecular weight is 562 g/mol. The largest absolute Gasteiger partial charge is 0.488 e. The Morgan fingerprint density at radius 2 is 1.76 bits per heavy atom. The van der Waals surface area contributed by atoms with Gasteiger partial charge in [-0.15, -0.1) is 0 Å². The van der Waals surface area contributed by atoms with Crippen molar-refractivity contribution in [2.75, 3.05) is 5.32 Å². The molecule has 0 saturated carbocycles. The molecule has 0 aromatic heterocycles. The second kappa shape index (κ2) is 10.5. The maximum absolute atomic E-state index is 12.5. The molecule has 0 aliphatic rings. The summed E-state index contributed by atoms with van der Waals surface area (Å²) in [4.78, 5) is 12.5. The van der Waals surface area contributed by atoms with Crippen molar-refractivity contribution in [3.63, 3.8) is 0 Å². The Labute approximate surface area is 208 Å². The summed E-state index contributed by atoms with van der Waals surface area (Å²) < 4.78 is 7.56. The van der Waals surface area contributed by atoms with Crippen LogP contribution in [0.15, 0.2) is 99.4 Å². The van der Waals surface area contributed by atoms with Gasteiger partial charge in [0.1, 0.15) is 24.0 Å². The van der Waals surface area contributed by atoms with E-state index in [1.807, 2.05) is 48.5 Å². The van der Waals surface area contributed by atoms with E-state index in [9.17, 15) is 10.1 Å². The number of hydrogen-bond donors (Lipinski definition) is 1. The van der Waals surface area contributed by atoms with E-state index in [0.717, 1.165) is 14.5 Å². The fourth-order valence-corrected chi connectivity index (χ4v) is 4.20. The van der Waals surface area contributed by atoms with Gasteiger partial charge in [-0.2, -0.15) is 5.26 Å². The number of nitriles is 1. The predicted octanol–water partition coefficient (Wildman–Crippen LogP) is 7.49. The van der Waals surface area contributed by atoms with E-state index in [1.54, 1.807) is 18.2 Å². The number of fused-ring (bicyclic) bond motifs is 1. The number of nitrogens with zero attached hydrogens (tertiary/aromatic N) is 1. The van der Waals surface area contributed by atoms with Crippen LogP contribution in [0.1, 0.15) is 11.1 Å². The lowest BCUT2D eigenvalue weighted by molar-refractivity contribution is -0.112. The highest BCUT2D eigenvalue weighted by atomic mass is 79.9. The van der Waals surface area contributed by atoms with Crippen molar-refractivity contribution in [3.05, 3.63) is 111 Å². The number of benzene rings is 4. The number of amides is 1. The minimum Gasteiger partial charge on any atom is -0.488 e. The van der Waals surface area contributed by atoms with Gasteiger partial charge in [-0.3, -0.25) is 4.79 Å². The summed E-state index contributed by atoms with van der Waals surface area (Å²) in [6.45, 7) is 0.428. The Balaban J connectivity index is 1.45. The van der Waals surface area contributed by atoms with Crippen molar-refractivity contribution in [3.8, 4) is 11.8 Å². The van der Waals surface area contributed by atoms with Crippen molar-refractivity contribution in [1.29, 1.82) is 5.26 Å². The van der Waals surface area contributed by atoms with Gasteiger partial charge in [-0.25, -0.2) is 0 Å². The molecule has 0 spiro atoms. The first-order valence-corrected chi connectivity index (χ1v) is 11.7. The van der Waals surface area contributed by atoms with Crippen molar-refractivity contribution >= 4 is 60.3 Å². The zero-order chi connectivity index (χ0) is 23.2. The molecule has 0 unspecified atom stereocenters. The van der Waals surface area contributed by atoms with Crippen LogP contribution in [0.5, 0.6) is 5.75 Å². The van der Waals surface area contributed by atoms with Gasteiger partial charge in [0.2, 0.25) is 0 Å². The molecule has 1 N–H and O–H groups in total. The Kier molecular flexibility index (Phi) is 7.23. The molecule has 0 bridgehead atoms. The Morgan fingerprint density at radius 3 is 2.52 bits per heavy atom. The van der Waals surface area contributed by atoms with Crippen molar-refractivity contribution in [2.45, 2.75) is 6.61 Å². The molecule has 6 heteroatoms. The van der Waals surface area contributed by atoms with E-state index >= 15 is 0 Å². The molecule has 0 saturated heterocycles. The molecule has 0 heterocycles. The first-order chi connectivity index (χ1) is 16.0. The van der Waals surface area contributed by atoms with Gasteiger partial charge in [0.25, 0.3) is 5.91 Å². The number of nitrogens with one attached hydrogen (secondary N) is 1. The third-order valence-corrected chi connectivity index (χ3v) is 6.04. The first kappa shape index (κ1) is 22.8. The van der Waals surface area contributed by atoms with Crippen molar-refractivity contribution in [1.82, 2.24) is 0 Å². The van der Waals surface area contributed by atoms with Crippen LogP contribution in [-0.4, -0.2) is 5.91 Å². The van der Waals surface area contributed by atoms with Crippen LogP contribution < -0.4 is 10.1 Å². The molecular weight excluding hydrogens is 544 g/mol. The molecule has 0 atom stereocenters. The SMILES string of the molecule is N#C/C(=C/c1ccc(OCc2ccc3ccccc3c2)c(Br)c1)C(=O)Nc1cccc(Br)c1.